The molecule has 1 amide bonds. The number of anilines is 1. The number of nitrogens with zero attached hydrogens (tertiary/aromatic N) is 1. The predicted molar refractivity (Wildman–Crippen MR) is 78.3 cm³/mol. The van der Waals surface area contributed by atoms with Gasteiger partial charge < -0.3 is 15.2 Å². The molecule has 1 aromatic rings. The number of likely N-dealkylation sites (tertiary alicyclic amines) is 1. The molecular formula is C14H19ClN2O3. The van der Waals surface area contributed by atoms with E-state index in [1.165, 1.54) is 0 Å². The minimum absolute atomic E-state index is 0.0974. The molecule has 1 unspecified atom stereocenters. The van der Waals surface area contributed by atoms with Crippen LogP contribution in [0.3, 0.4) is 0 Å². The highest BCUT2D eigenvalue weighted by atomic mass is 35.5. The molecular weight excluding hydrogens is 280 g/mol. The summed E-state index contributed by atoms with van der Waals surface area (Å²) in [4.78, 5) is 14.0. The second-order valence-electron chi connectivity index (χ2n) is 4.85. The van der Waals surface area contributed by atoms with E-state index in [2.05, 4.69) is 5.32 Å². The maximum Gasteiger partial charge on any atom is 0.238 e. The molecule has 110 valence electrons. The van der Waals surface area contributed by atoms with Gasteiger partial charge in [-0.3, -0.25) is 9.69 Å². The average molecular weight is 299 g/mol. The first-order valence-corrected chi connectivity index (χ1v) is 7.00. The Labute approximate surface area is 123 Å². The summed E-state index contributed by atoms with van der Waals surface area (Å²) in [5.41, 5.74) is 0.639. The van der Waals surface area contributed by atoms with Crippen molar-refractivity contribution in [2.24, 2.45) is 0 Å². The van der Waals surface area contributed by atoms with E-state index in [1.54, 1.807) is 25.3 Å². The Morgan fingerprint density at radius 1 is 1.60 bits per heavy atom. The molecule has 0 saturated carbocycles. The number of methoxy groups -OCH3 is 1. The average Bonchev–Trinajstić information content (AvgIpc) is 2.86. The Morgan fingerprint density at radius 3 is 3.05 bits per heavy atom. The first-order chi connectivity index (χ1) is 9.63. The van der Waals surface area contributed by atoms with Crippen molar-refractivity contribution in [3.05, 3.63) is 23.2 Å². The zero-order chi connectivity index (χ0) is 14.5. The molecule has 1 fully saturated rings. The molecule has 2 N–H and O–H groups in total. The third-order valence-corrected chi connectivity index (χ3v) is 3.79. The van der Waals surface area contributed by atoms with Crippen LogP contribution in [0.4, 0.5) is 5.69 Å². The van der Waals surface area contributed by atoms with E-state index in [0.717, 1.165) is 19.4 Å². The highest BCUT2D eigenvalue weighted by Gasteiger charge is 2.25. The third-order valence-electron chi connectivity index (χ3n) is 3.49. The molecule has 1 saturated heterocycles. The van der Waals surface area contributed by atoms with Crippen LogP contribution in [-0.2, 0) is 4.79 Å². The van der Waals surface area contributed by atoms with Crippen LogP contribution in [0.15, 0.2) is 18.2 Å². The van der Waals surface area contributed by atoms with Gasteiger partial charge in [0.2, 0.25) is 5.91 Å². The van der Waals surface area contributed by atoms with E-state index in [1.807, 2.05) is 4.90 Å². The van der Waals surface area contributed by atoms with E-state index >= 15 is 0 Å². The predicted octanol–water partition coefficient (Wildman–Crippen LogP) is 1.74. The van der Waals surface area contributed by atoms with Crippen LogP contribution in [0.2, 0.25) is 5.02 Å². The van der Waals surface area contributed by atoms with Gasteiger partial charge in [-0.15, -0.1) is 0 Å². The van der Waals surface area contributed by atoms with Gasteiger partial charge in [-0.2, -0.15) is 0 Å². The monoisotopic (exact) mass is 298 g/mol. The number of benzene rings is 1. The lowest BCUT2D eigenvalue weighted by molar-refractivity contribution is -0.117. The molecule has 0 spiro atoms. The standard InChI is InChI=1S/C14H19ClN2O3/c1-20-13-5-4-10(7-12(13)15)16-14(19)8-17-6-2-3-11(17)9-18/h4-5,7,11,18H,2-3,6,8-9H2,1H3,(H,16,19). The molecule has 1 atom stereocenters. The Hall–Kier alpha value is -1.30. The highest BCUT2D eigenvalue weighted by molar-refractivity contribution is 6.32. The molecule has 6 heteroatoms. The zero-order valence-corrected chi connectivity index (χ0v) is 12.2. The van der Waals surface area contributed by atoms with Gasteiger partial charge in [0.05, 0.1) is 25.3 Å². The van der Waals surface area contributed by atoms with E-state index in [9.17, 15) is 9.90 Å². The molecule has 1 aliphatic heterocycles. The molecule has 0 radical (unpaired) electrons. The molecule has 1 heterocycles. The number of amides is 1. The third kappa shape index (κ3) is 3.62. The fourth-order valence-corrected chi connectivity index (χ4v) is 2.70. The SMILES string of the molecule is COc1ccc(NC(=O)CN2CCCC2CO)cc1Cl. The van der Waals surface area contributed by atoms with Crippen LogP contribution in [0.25, 0.3) is 0 Å². The maximum absolute atomic E-state index is 12.0. The van der Waals surface area contributed by atoms with Crippen molar-refractivity contribution in [1.29, 1.82) is 0 Å². The zero-order valence-electron chi connectivity index (χ0n) is 11.4. The number of aliphatic hydroxyl groups excluding tert-OH is 1. The molecule has 5 nitrogen and oxygen atoms in total. The summed E-state index contributed by atoms with van der Waals surface area (Å²) in [6, 6.07) is 5.21. The van der Waals surface area contributed by atoms with Crippen LogP contribution in [0.5, 0.6) is 5.75 Å². The van der Waals surface area contributed by atoms with E-state index in [-0.39, 0.29) is 25.1 Å². The Morgan fingerprint density at radius 2 is 2.40 bits per heavy atom. The first-order valence-electron chi connectivity index (χ1n) is 6.62. The number of carbonyl (C=O) groups is 1. The largest absolute Gasteiger partial charge is 0.495 e. The Kier molecular flexibility index (Phi) is 5.23. The van der Waals surface area contributed by atoms with Crippen LogP contribution in [-0.4, -0.2) is 48.8 Å². The van der Waals surface area contributed by atoms with Crippen molar-refractivity contribution in [1.82, 2.24) is 4.90 Å². The van der Waals surface area contributed by atoms with Gasteiger partial charge in [0.15, 0.2) is 0 Å². The van der Waals surface area contributed by atoms with Crippen molar-refractivity contribution in [2.45, 2.75) is 18.9 Å². The molecule has 2 rings (SSSR count). The van der Waals surface area contributed by atoms with Crippen molar-refractivity contribution in [3.8, 4) is 5.75 Å². The van der Waals surface area contributed by atoms with Gasteiger partial charge in [-0.05, 0) is 37.6 Å². The Bertz CT molecular complexity index is 481. The summed E-state index contributed by atoms with van der Waals surface area (Å²) < 4.78 is 5.06. The van der Waals surface area contributed by atoms with Crippen LogP contribution in [0, 0.1) is 0 Å². The lowest BCUT2D eigenvalue weighted by Gasteiger charge is -2.21. The van der Waals surface area contributed by atoms with Crippen molar-refractivity contribution < 1.29 is 14.6 Å². The number of halogens is 1. The summed E-state index contributed by atoms with van der Waals surface area (Å²) in [6.07, 6.45) is 1.96. The normalized spacial score (nSPS) is 19.1. The summed E-state index contributed by atoms with van der Waals surface area (Å²) in [6.45, 7) is 1.23. The van der Waals surface area contributed by atoms with Crippen molar-refractivity contribution >= 4 is 23.2 Å². The molecule has 1 aliphatic rings. The number of hydrogen-bond acceptors (Lipinski definition) is 4. The fraction of sp³-hybridized carbons (Fsp3) is 0.500. The summed E-state index contributed by atoms with van der Waals surface area (Å²) in [5, 5.41) is 12.5. The Balaban J connectivity index is 1.92. The highest BCUT2D eigenvalue weighted by Crippen LogP contribution is 2.27. The molecule has 0 aromatic heterocycles. The van der Waals surface area contributed by atoms with Gasteiger partial charge in [-0.25, -0.2) is 0 Å². The quantitative estimate of drug-likeness (QED) is 0.869. The second-order valence-corrected chi connectivity index (χ2v) is 5.25. The van der Waals surface area contributed by atoms with E-state index < -0.39 is 0 Å². The maximum atomic E-state index is 12.0. The smallest absolute Gasteiger partial charge is 0.238 e. The lowest BCUT2D eigenvalue weighted by Crippen LogP contribution is -2.38. The minimum atomic E-state index is -0.105. The second kappa shape index (κ2) is 6.92. The minimum Gasteiger partial charge on any atom is -0.495 e. The van der Waals surface area contributed by atoms with Gasteiger partial charge in [-0.1, -0.05) is 11.6 Å². The number of aliphatic hydroxyl groups is 1. The summed E-state index contributed by atoms with van der Waals surface area (Å²) in [5.74, 6) is 0.469. The summed E-state index contributed by atoms with van der Waals surface area (Å²) >= 11 is 6.01. The number of hydrogen-bond donors (Lipinski definition) is 2. The number of carbonyl (C=O) groups excluding carboxylic acids is 1. The number of nitrogens with one attached hydrogen (secondary N) is 1. The van der Waals surface area contributed by atoms with Crippen LogP contribution in [0.1, 0.15) is 12.8 Å². The lowest BCUT2D eigenvalue weighted by atomic mass is 10.2. The van der Waals surface area contributed by atoms with Gasteiger partial charge >= 0.3 is 0 Å². The van der Waals surface area contributed by atoms with Crippen LogP contribution < -0.4 is 10.1 Å². The molecule has 1 aromatic carbocycles. The van der Waals surface area contributed by atoms with Crippen LogP contribution >= 0.6 is 11.6 Å². The fourth-order valence-electron chi connectivity index (χ4n) is 2.44. The first kappa shape index (κ1) is 15.1. The van der Waals surface area contributed by atoms with Crippen molar-refractivity contribution in [3.63, 3.8) is 0 Å². The van der Waals surface area contributed by atoms with Gasteiger partial charge in [0.1, 0.15) is 5.75 Å². The molecule has 0 aliphatic carbocycles. The van der Waals surface area contributed by atoms with Gasteiger partial charge in [0.25, 0.3) is 0 Å². The van der Waals surface area contributed by atoms with E-state index in [0.29, 0.717) is 16.5 Å². The molecule has 0 bridgehead atoms. The van der Waals surface area contributed by atoms with E-state index in [4.69, 9.17) is 16.3 Å². The van der Waals surface area contributed by atoms with Crippen molar-refractivity contribution in [2.75, 3.05) is 32.1 Å². The van der Waals surface area contributed by atoms with Gasteiger partial charge in [0, 0.05) is 11.7 Å². The summed E-state index contributed by atoms with van der Waals surface area (Å²) in [7, 11) is 1.54. The molecule has 20 heavy (non-hydrogen) atoms. The number of ether oxygens (including phenoxy) is 1. The number of rotatable bonds is 5. The topological polar surface area (TPSA) is 61.8 Å².